The third-order valence-corrected chi connectivity index (χ3v) is 2.98. The summed E-state index contributed by atoms with van der Waals surface area (Å²) in [4.78, 5) is 12.2. The summed E-state index contributed by atoms with van der Waals surface area (Å²) < 4.78 is 10.3. The van der Waals surface area contributed by atoms with Gasteiger partial charge in [0.1, 0.15) is 17.1 Å². The molecule has 0 aliphatic rings. The van der Waals surface area contributed by atoms with Crippen molar-refractivity contribution in [2.24, 2.45) is 0 Å². The molecule has 2 aromatic rings. The van der Waals surface area contributed by atoms with Crippen LogP contribution in [-0.2, 0) is 0 Å². The van der Waals surface area contributed by atoms with Crippen LogP contribution in [0.15, 0.2) is 18.2 Å². The minimum atomic E-state index is -0.398. The van der Waals surface area contributed by atoms with Crippen molar-refractivity contribution >= 4 is 27.5 Å². The van der Waals surface area contributed by atoms with Gasteiger partial charge < -0.3 is 15.2 Å². The fraction of sp³-hybridized carbons (Fsp3) is 0.182. The molecule has 0 bridgehead atoms. The van der Waals surface area contributed by atoms with Gasteiger partial charge in [-0.25, -0.2) is 0 Å². The fourth-order valence-electron chi connectivity index (χ4n) is 1.52. The highest BCUT2D eigenvalue weighted by Gasteiger charge is 2.19. The molecule has 1 aromatic heterocycles. The largest absolute Gasteiger partial charge is 0.496 e. The van der Waals surface area contributed by atoms with Gasteiger partial charge in [-0.15, -0.1) is 10.2 Å². The van der Waals surface area contributed by atoms with E-state index < -0.39 is 5.91 Å². The van der Waals surface area contributed by atoms with E-state index in [4.69, 9.17) is 15.2 Å². The van der Waals surface area contributed by atoms with Crippen LogP contribution in [0.4, 0.5) is 10.3 Å². The number of aromatic nitrogens is 2. The monoisotopic (exact) mass is 280 g/mol. The maximum absolute atomic E-state index is 12.2. The van der Waals surface area contributed by atoms with Crippen LogP contribution in [0.2, 0.25) is 0 Å². The van der Waals surface area contributed by atoms with Crippen molar-refractivity contribution in [3.63, 3.8) is 0 Å². The first-order chi connectivity index (χ1) is 9.15. The molecular formula is C11H12N4O3S. The Hall–Kier alpha value is -2.35. The van der Waals surface area contributed by atoms with E-state index in [1.54, 1.807) is 18.2 Å². The number of methoxy groups -OCH3 is 2. The number of nitrogens with two attached hydrogens (primary N) is 1. The number of ether oxygens (including phenoxy) is 2. The maximum atomic E-state index is 12.2. The molecule has 0 saturated heterocycles. The Balaban J connectivity index is 2.32. The summed E-state index contributed by atoms with van der Waals surface area (Å²) in [6.45, 7) is 0. The van der Waals surface area contributed by atoms with E-state index in [0.29, 0.717) is 22.2 Å². The third kappa shape index (κ3) is 2.74. The minimum Gasteiger partial charge on any atom is -0.496 e. The van der Waals surface area contributed by atoms with Crippen molar-refractivity contribution in [1.82, 2.24) is 10.2 Å². The minimum absolute atomic E-state index is 0.280. The van der Waals surface area contributed by atoms with Gasteiger partial charge in [0.05, 0.1) is 14.2 Å². The Morgan fingerprint density at radius 2 is 1.89 bits per heavy atom. The number of hydrogen-bond donors (Lipinski definition) is 2. The van der Waals surface area contributed by atoms with Gasteiger partial charge in [-0.1, -0.05) is 17.4 Å². The molecule has 100 valence electrons. The SMILES string of the molecule is COc1cccc(OC)c1C(=O)Nc1nnc(N)s1. The number of nitrogen functional groups attached to an aromatic ring is 1. The molecule has 0 saturated carbocycles. The van der Waals surface area contributed by atoms with Gasteiger partial charge in [-0.3, -0.25) is 10.1 Å². The van der Waals surface area contributed by atoms with Crippen molar-refractivity contribution in [2.75, 3.05) is 25.3 Å². The van der Waals surface area contributed by atoms with E-state index in [2.05, 4.69) is 15.5 Å². The molecule has 0 fully saturated rings. The van der Waals surface area contributed by atoms with Gasteiger partial charge >= 0.3 is 0 Å². The Kier molecular flexibility index (Phi) is 3.81. The lowest BCUT2D eigenvalue weighted by Crippen LogP contribution is -2.14. The highest BCUT2D eigenvalue weighted by atomic mass is 32.1. The average molecular weight is 280 g/mol. The summed E-state index contributed by atoms with van der Waals surface area (Å²) in [5.74, 6) is 0.425. The highest BCUT2D eigenvalue weighted by Crippen LogP contribution is 2.29. The van der Waals surface area contributed by atoms with Crippen molar-refractivity contribution in [2.45, 2.75) is 0 Å². The summed E-state index contributed by atoms with van der Waals surface area (Å²) in [5.41, 5.74) is 5.74. The number of amides is 1. The first kappa shape index (κ1) is 13.1. The first-order valence-corrected chi connectivity index (χ1v) is 6.08. The lowest BCUT2D eigenvalue weighted by molar-refractivity contribution is 0.102. The summed E-state index contributed by atoms with van der Waals surface area (Å²) >= 11 is 1.08. The van der Waals surface area contributed by atoms with Crippen molar-refractivity contribution < 1.29 is 14.3 Å². The van der Waals surface area contributed by atoms with Crippen LogP contribution in [0.25, 0.3) is 0 Å². The van der Waals surface area contributed by atoms with E-state index in [1.165, 1.54) is 14.2 Å². The number of benzene rings is 1. The molecule has 1 heterocycles. The second kappa shape index (κ2) is 5.53. The van der Waals surface area contributed by atoms with Crippen LogP contribution < -0.4 is 20.5 Å². The molecule has 2 rings (SSSR count). The zero-order valence-electron chi connectivity index (χ0n) is 10.3. The number of nitrogens with one attached hydrogen (secondary N) is 1. The van der Waals surface area contributed by atoms with Gasteiger partial charge in [-0.2, -0.15) is 0 Å². The Morgan fingerprint density at radius 3 is 2.37 bits per heavy atom. The fourth-order valence-corrected chi connectivity index (χ4v) is 2.02. The van der Waals surface area contributed by atoms with Crippen LogP contribution in [0.3, 0.4) is 0 Å². The summed E-state index contributed by atoms with van der Waals surface area (Å²) in [5, 5.41) is 10.5. The number of hydrogen-bond acceptors (Lipinski definition) is 7. The van der Waals surface area contributed by atoms with Crippen molar-refractivity contribution in [3.05, 3.63) is 23.8 Å². The summed E-state index contributed by atoms with van der Waals surface area (Å²) in [6, 6.07) is 5.08. The van der Waals surface area contributed by atoms with Crippen LogP contribution in [0.1, 0.15) is 10.4 Å². The van der Waals surface area contributed by atoms with Gasteiger partial charge in [0, 0.05) is 0 Å². The highest BCUT2D eigenvalue weighted by molar-refractivity contribution is 7.19. The molecule has 7 nitrogen and oxygen atoms in total. The normalized spacial score (nSPS) is 10.0. The van der Waals surface area contributed by atoms with Gasteiger partial charge in [0.2, 0.25) is 10.3 Å². The predicted molar refractivity (Wildman–Crippen MR) is 71.8 cm³/mol. The van der Waals surface area contributed by atoms with Gasteiger partial charge in [-0.05, 0) is 12.1 Å². The topological polar surface area (TPSA) is 99.4 Å². The average Bonchev–Trinajstić information content (AvgIpc) is 2.82. The zero-order valence-corrected chi connectivity index (χ0v) is 11.2. The van der Waals surface area contributed by atoms with Gasteiger partial charge in [0.25, 0.3) is 5.91 Å². The van der Waals surface area contributed by atoms with Crippen LogP contribution in [0.5, 0.6) is 11.5 Å². The van der Waals surface area contributed by atoms with Crippen molar-refractivity contribution in [1.29, 1.82) is 0 Å². The molecule has 3 N–H and O–H groups in total. The van der Waals surface area contributed by atoms with Crippen molar-refractivity contribution in [3.8, 4) is 11.5 Å². The molecule has 0 spiro atoms. The molecule has 0 aliphatic heterocycles. The number of anilines is 2. The molecule has 1 aromatic carbocycles. The number of rotatable bonds is 4. The molecule has 8 heteroatoms. The predicted octanol–water partition coefficient (Wildman–Crippen LogP) is 1.39. The smallest absolute Gasteiger partial charge is 0.265 e. The molecule has 0 unspecified atom stereocenters. The van der Waals surface area contributed by atoms with Crippen LogP contribution in [0, 0.1) is 0 Å². The molecule has 0 radical (unpaired) electrons. The van der Waals surface area contributed by atoms with E-state index in [0.717, 1.165) is 11.3 Å². The lowest BCUT2D eigenvalue weighted by atomic mass is 10.1. The molecule has 0 aliphatic carbocycles. The summed E-state index contributed by atoms with van der Waals surface area (Å²) in [7, 11) is 2.96. The third-order valence-electron chi connectivity index (χ3n) is 2.32. The van der Waals surface area contributed by atoms with Crippen LogP contribution in [-0.4, -0.2) is 30.3 Å². The van der Waals surface area contributed by atoms with E-state index in [-0.39, 0.29) is 5.13 Å². The Labute approximate surface area is 113 Å². The lowest BCUT2D eigenvalue weighted by Gasteiger charge is -2.11. The molecule has 0 atom stereocenters. The Bertz CT molecular complexity index is 577. The summed E-state index contributed by atoms with van der Waals surface area (Å²) in [6.07, 6.45) is 0. The maximum Gasteiger partial charge on any atom is 0.265 e. The molecule has 19 heavy (non-hydrogen) atoms. The number of nitrogens with zero attached hydrogens (tertiary/aromatic N) is 2. The number of carbonyl (C=O) groups excluding carboxylic acids is 1. The first-order valence-electron chi connectivity index (χ1n) is 5.27. The zero-order chi connectivity index (χ0) is 13.8. The quantitative estimate of drug-likeness (QED) is 0.878. The van der Waals surface area contributed by atoms with E-state index in [1.807, 2.05) is 0 Å². The standard InChI is InChI=1S/C11H12N4O3S/c1-17-6-4-3-5-7(18-2)8(6)9(16)13-11-15-14-10(12)19-11/h3-5H,1-2H3,(H2,12,14)(H,13,15,16). The molecule has 1 amide bonds. The Morgan fingerprint density at radius 1 is 1.26 bits per heavy atom. The van der Waals surface area contributed by atoms with Gasteiger partial charge in [0.15, 0.2) is 0 Å². The van der Waals surface area contributed by atoms with E-state index in [9.17, 15) is 4.79 Å². The molecular weight excluding hydrogens is 268 g/mol. The second-order valence-electron chi connectivity index (χ2n) is 3.44. The van der Waals surface area contributed by atoms with Crippen LogP contribution >= 0.6 is 11.3 Å². The number of carbonyl (C=O) groups is 1. The van der Waals surface area contributed by atoms with E-state index >= 15 is 0 Å². The second-order valence-corrected chi connectivity index (χ2v) is 4.45.